The molecule has 4 rings (SSSR count). The van der Waals surface area contributed by atoms with E-state index in [4.69, 9.17) is 9.47 Å². The van der Waals surface area contributed by atoms with Gasteiger partial charge in [-0.1, -0.05) is 29.0 Å². The number of thioether (sulfide) groups is 1. The van der Waals surface area contributed by atoms with Gasteiger partial charge in [0, 0.05) is 12.3 Å². The van der Waals surface area contributed by atoms with Gasteiger partial charge in [-0.3, -0.25) is 0 Å². The summed E-state index contributed by atoms with van der Waals surface area (Å²) in [6, 6.07) is 5.81. The van der Waals surface area contributed by atoms with Crippen LogP contribution in [-0.2, 0) is 16.9 Å². The molecule has 1 aliphatic heterocycles. The second-order valence-electron chi connectivity index (χ2n) is 7.21. The van der Waals surface area contributed by atoms with Crippen LogP contribution < -0.4 is 19.7 Å². The number of hydrogen-bond donors (Lipinski definition) is 2. The van der Waals surface area contributed by atoms with Crippen molar-refractivity contribution in [3.63, 3.8) is 0 Å². The number of ether oxygens (including phenoxy) is 2. The molecule has 0 spiro atoms. The third kappa shape index (κ3) is 5.52. The molecule has 0 atom stereocenters. The Labute approximate surface area is 199 Å². The number of benzene rings is 1. The molecule has 3 heterocycles. The van der Waals surface area contributed by atoms with E-state index in [1.165, 1.54) is 6.33 Å². The predicted molar refractivity (Wildman–Crippen MR) is 130 cm³/mol. The van der Waals surface area contributed by atoms with Crippen molar-refractivity contribution in [2.75, 3.05) is 62.2 Å². The smallest absolute Gasteiger partial charge is 0.225 e. The minimum absolute atomic E-state index is 0.0361. The number of aliphatic hydroxyl groups is 1. The van der Waals surface area contributed by atoms with Crippen molar-refractivity contribution in [2.24, 2.45) is 0 Å². The number of nitrogens with zero attached hydrogens (tertiary/aromatic N) is 5. The van der Waals surface area contributed by atoms with Gasteiger partial charge in [-0.15, -0.1) is 0 Å². The molecule has 0 unspecified atom stereocenters. The Kier molecular flexibility index (Phi) is 7.91. The molecule has 0 radical (unpaired) electrons. The molecule has 1 aliphatic rings. The van der Waals surface area contributed by atoms with Gasteiger partial charge in [0.25, 0.3) is 0 Å². The molecular formula is C21H26N6O4S2. The fourth-order valence-corrected chi connectivity index (χ4v) is 5.39. The zero-order valence-corrected chi connectivity index (χ0v) is 20.1. The highest BCUT2D eigenvalue weighted by atomic mass is 32.2. The minimum atomic E-state index is -0.802. The maximum absolute atomic E-state index is 11.8. The third-order valence-electron chi connectivity index (χ3n) is 5.13. The van der Waals surface area contributed by atoms with E-state index in [0.717, 1.165) is 10.6 Å². The monoisotopic (exact) mass is 490 g/mol. The third-order valence-corrected chi connectivity index (χ3v) is 7.45. The molecule has 1 saturated heterocycles. The Morgan fingerprint density at radius 1 is 1.12 bits per heavy atom. The molecule has 0 amide bonds. The Balaban J connectivity index is 1.66. The zero-order valence-electron chi connectivity index (χ0n) is 18.5. The van der Waals surface area contributed by atoms with Gasteiger partial charge in [0.1, 0.15) is 33.9 Å². The fraction of sp³-hybridized carbons (Fsp3) is 0.429. The molecule has 0 aliphatic carbocycles. The number of aromatic nitrogens is 4. The first-order valence-electron chi connectivity index (χ1n) is 10.4. The Morgan fingerprint density at radius 2 is 1.91 bits per heavy atom. The van der Waals surface area contributed by atoms with E-state index >= 15 is 0 Å². The van der Waals surface area contributed by atoms with Crippen molar-refractivity contribution in [1.29, 1.82) is 0 Å². The number of fused-ring (bicyclic) bond motifs is 1. The van der Waals surface area contributed by atoms with Gasteiger partial charge in [0.05, 0.1) is 33.9 Å². The molecule has 2 N–H and O–H groups in total. The van der Waals surface area contributed by atoms with Gasteiger partial charge in [-0.05, 0) is 17.7 Å². The van der Waals surface area contributed by atoms with Gasteiger partial charge in [0.2, 0.25) is 5.95 Å². The maximum atomic E-state index is 11.8. The number of hydrogen-bond acceptors (Lipinski definition) is 11. The average molecular weight is 491 g/mol. The molecule has 12 heteroatoms. The summed E-state index contributed by atoms with van der Waals surface area (Å²) < 4.78 is 22.6. The Bertz CT molecular complexity index is 1100. The van der Waals surface area contributed by atoms with Crippen LogP contribution in [-0.4, -0.2) is 81.6 Å². The first kappa shape index (κ1) is 23.6. The second kappa shape index (κ2) is 11.1. The van der Waals surface area contributed by atoms with Crippen LogP contribution >= 0.6 is 11.8 Å². The van der Waals surface area contributed by atoms with Gasteiger partial charge >= 0.3 is 0 Å². The van der Waals surface area contributed by atoms with Gasteiger partial charge in [0.15, 0.2) is 17.3 Å². The lowest BCUT2D eigenvalue weighted by atomic mass is 10.2. The Morgan fingerprint density at radius 3 is 2.64 bits per heavy atom. The first-order chi connectivity index (χ1) is 16.1. The summed E-state index contributed by atoms with van der Waals surface area (Å²) in [6.45, 7) is 1.56. The lowest BCUT2D eigenvalue weighted by Gasteiger charge is -2.29. The second-order valence-corrected chi connectivity index (χ2v) is 9.87. The van der Waals surface area contributed by atoms with E-state index in [9.17, 15) is 9.66 Å². The minimum Gasteiger partial charge on any atom is -0.616 e. The van der Waals surface area contributed by atoms with E-state index in [0.29, 0.717) is 71.2 Å². The van der Waals surface area contributed by atoms with Crippen molar-refractivity contribution in [3.8, 4) is 11.5 Å². The molecule has 10 nitrogen and oxygen atoms in total. The lowest BCUT2D eigenvalue weighted by molar-refractivity contribution is 0.311. The predicted octanol–water partition coefficient (Wildman–Crippen LogP) is 1.70. The van der Waals surface area contributed by atoms with Gasteiger partial charge in [-0.25, -0.2) is 15.0 Å². The topological polar surface area (TPSA) is 129 Å². The van der Waals surface area contributed by atoms with E-state index in [2.05, 4.69) is 30.2 Å². The Hall–Kier alpha value is -2.54. The number of methoxy groups -OCH3 is 2. The molecule has 33 heavy (non-hydrogen) atoms. The molecule has 176 valence electrons. The maximum Gasteiger partial charge on any atom is 0.225 e. The van der Waals surface area contributed by atoms with E-state index in [1.807, 2.05) is 18.2 Å². The van der Waals surface area contributed by atoms with Crippen molar-refractivity contribution < 1.29 is 19.1 Å². The van der Waals surface area contributed by atoms with Crippen molar-refractivity contribution in [2.45, 2.75) is 10.8 Å². The highest BCUT2D eigenvalue weighted by Gasteiger charge is 2.24. The van der Waals surface area contributed by atoms with Crippen molar-refractivity contribution >= 4 is 45.7 Å². The summed E-state index contributed by atoms with van der Waals surface area (Å²) >= 11 is 0.739. The molecular weight excluding hydrogens is 464 g/mol. The first-order valence-corrected chi connectivity index (χ1v) is 12.9. The number of nitrogens with one attached hydrogen (secondary N) is 1. The summed E-state index contributed by atoms with van der Waals surface area (Å²) in [4.78, 5) is 20.3. The molecule has 0 saturated carbocycles. The highest BCUT2D eigenvalue weighted by molar-refractivity contribution is 7.98. The largest absolute Gasteiger partial charge is 0.616 e. The van der Waals surface area contributed by atoms with Crippen LogP contribution in [0.2, 0.25) is 0 Å². The van der Waals surface area contributed by atoms with E-state index in [-0.39, 0.29) is 6.61 Å². The van der Waals surface area contributed by atoms with Crippen LogP contribution in [0.3, 0.4) is 0 Å². The van der Waals surface area contributed by atoms with Crippen molar-refractivity contribution in [1.82, 2.24) is 19.9 Å². The average Bonchev–Trinajstić information content (AvgIpc) is 2.86. The summed E-state index contributed by atoms with van der Waals surface area (Å²) in [5.41, 5.74) is 2.35. The van der Waals surface area contributed by atoms with Crippen LogP contribution in [0.1, 0.15) is 5.56 Å². The zero-order chi connectivity index (χ0) is 23.2. The molecule has 1 aromatic carbocycles. The summed E-state index contributed by atoms with van der Waals surface area (Å²) in [5.74, 6) is 4.28. The lowest BCUT2D eigenvalue weighted by Crippen LogP contribution is -2.41. The van der Waals surface area contributed by atoms with Crippen LogP contribution in [0.4, 0.5) is 11.8 Å². The van der Waals surface area contributed by atoms with E-state index < -0.39 is 11.2 Å². The molecule has 1 fully saturated rings. The summed E-state index contributed by atoms with van der Waals surface area (Å²) in [7, 11) is 3.22. The highest BCUT2D eigenvalue weighted by Crippen LogP contribution is 2.34. The number of rotatable bonds is 9. The van der Waals surface area contributed by atoms with Crippen LogP contribution in [0.15, 0.2) is 29.6 Å². The van der Waals surface area contributed by atoms with Crippen LogP contribution in [0.5, 0.6) is 11.5 Å². The number of aliphatic hydroxyl groups excluding tert-OH is 1. The molecule has 2 aromatic heterocycles. The quantitative estimate of drug-likeness (QED) is 0.258. The normalized spacial score (nSPS) is 14.5. The summed E-state index contributed by atoms with van der Waals surface area (Å²) in [5, 5.41) is 13.0. The summed E-state index contributed by atoms with van der Waals surface area (Å²) in [6.07, 6.45) is 1.52. The van der Waals surface area contributed by atoms with Gasteiger partial charge in [-0.2, -0.15) is 4.98 Å². The number of anilines is 2. The van der Waals surface area contributed by atoms with Crippen LogP contribution in [0, 0.1) is 0 Å². The SMILES string of the molecule is COc1ccc(CSc2ncnc3c(N4CC[S+]([O-])CC4)nc(NCCO)nc23)cc1OC. The van der Waals surface area contributed by atoms with Crippen LogP contribution in [0.25, 0.3) is 11.0 Å². The van der Waals surface area contributed by atoms with Crippen molar-refractivity contribution in [3.05, 3.63) is 30.1 Å². The standard InChI is InChI=1S/C21H26N6O4S2/c1-30-15-4-3-14(11-16(15)31-2)12-32-20-18-17(23-13-24-20)19(26-21(25-18)22-5-8-28)27-6-9-33(29)10-7-27/h3-4,11,13,28H,5-10,12H2,1-2H3,(H,22,25,26). The van der Waals surface area contributed by atoms with E-state index in [1.54, 1.807) is 26.0 Å². The van der Waals surface area contributed by atoms with Gasteiger partial charge < -0.3 is 29.3 Å². The molecule has 0 bridgehead atoms. The molecule has 3 aromatic rings. The fourth-order valence-electron chi connectivity index (χ4n) is 3.46.